The van der Waals surface area contributed by atoms with Crippen LogP contribution in [0.5, 0.6) is 0 Å². The average molecular weight is 277 g/mol. The van der Waals surface area contributed by atoms with Crippen molar-refractivity contribution in [3.8, 4) is 0 Å². The van der Waals surface area contributed by atoms with E-state index in [9.17, 15) is 4.39 Å². The minimum absolute atomic E-state index is 0.218. The number of nitrogens with zero attached hydrogens (tertiary/aromatic N) is 2. The summed E-state index contributed by atoms with van der Waals surface area (Å²) in [5, 5.41) is 3.13. The molecule has 2 aromatic rings. The quantitative estimate of drug-likeness (QED) is 0.787. The van der Waals surface area contributed by atoms with Crippen LogP contribution in [0.3, 0.4) is 0 Å². The van der Waals surface area contributed by atoms with E-state index in [-0.39, 0.29) is 5.82 Å². The minimum Gasteiger partial charge on any atom is -0.382 e. The smallest absolute Gasteiger partial charge is 0.207 e. The maximum atomic E-state index is 13.5. The number of halogens is 1. The number of ether oxygens (including phenoxy) is 1. The number of imidazole rings is 1. The molecular formula is C15H20FN3O. The van der Waals surface area contributed by atoms with E-state index >= 15 is 0 Å². The van der Waals surface area contributed by atoms with E-state index in [4.69, 9.17) is 4.74 Å². The summed E-state index contributed by atoms with van der Waals surface area (Å²) in [5.74, 6) is 0.495. The first-order chi connectivity index (χ1) is 9.70. The van der Waals surface area contributed by atoms with Gasteiger partial charge in [-0.3, -0.25) is 0 Å². The molecule has 0 amide bonds. The molecule has 5 heteroatoms. The Hall–Kier alpha value is -1.88. The molecule has 0 aliphatic rings. The van der Waals surface area contributed by atoms with Gasteiger partial charge in [0.25, 0.3) is 0 Å². The molecule has 0 aliphatic carbocycles. The monoisotopic (exact) mass is 277 g/mol. The summed E-state index contributed by atoms with van der Waals surface area (Å²) >= 11 is 0. The molecule has 0 aliphatic heterocycles. The Morgan fingerprint density at radius 2 is 2.25 bits per heavy atom. The van der Waals surface area contributed by atoms with Crippen LogP contribution in [-0.4, -0.2) is 22.8 Å². The van der Waals surface area contributed by atoms with E-state index in [1.165, 1.54) is 6.07 Å². The van der Waals surface area contributed by atoms with E-state index < -0.39 is 0 Å². The average Bonchev–Trinajstić information content (AvgIpc) is 2.86. The number of aromatic nitrogens is 2. The summed E-state index contributed by atoms with van der Waals surface area (Å²) in [4.78, 5) is 4.25. The number of benzene rings is 1. The van der Waals surface area contributed by atoms with E-state index in [2.05, 4.69) is 10.3 Å². The van der Waals surface area contributed by atoms with Gasteiger partial charge in [-0.15, -0.1) is 0 Å². The minimum atomic E-state index is -0.218. The van der Waals surface area contributed by atoms with Crippen molar-refractivity contribution >= 4 is 11.6 Å². The topological polar surface area (TPSA) is 39.1 Å². The van der Waals surface area contributed by atoms with Crippen LogP contribution in [0.1, 0.15) is 18.9 Å². The van der Waals surface area contributed by atoms with Gasteiger partial charge < -0.3 is 14.6 Å². The molecule has 4 nitrogen and oxygen atoms in total. The van der Waals surface area contributed by atoms with Gasteiger partial charge in [-0.25, -0.2) is 9.37 Å². The standard InChI is InChI=1S/C15H20FN3O/c1-3-20-10-4-8-19-9-7-17-15(19)18-13-6-5-12(2)14(16)11-13/h5-7,9,11H,3-4,8,10H2,1-2H3,(H,17,18). The molecule has 0 unspecified atom stereocenters. The van der Waals surface area contributed by atoms with Crippen LogP contribution in [0.4, 0.5) is 16.0 Å². The molecular weight excluding hydrogens is 257 g/mol. The van der Waals surface area contributed by atoms with Crippen molar-refractivity contribution in [1.29, 1.82) is 0 Å². The molecule has 0 bridgehead atoms. The Morgan fingerprint density at radius 1 is 1.40 bits per heavy atom. The van der Waals surface area contributed by atoms with Gasteiger partial charge in [0.05, 0.1) is 0 Å². The summed E-state index contributed by atoms with van der Waals surface area (Å²) in [6.45, 7) is 6.01. The van der Waals surface area contributed by atoms with Crippen LogP contribution >= 0.6 is 0 Å². The number of hydrogen-bond acceptors (Lipinski definition) is 3. The van der Waals surface area contributed by atoms with Crippen LogP contribution in [-0.2, 0) is 11.3 Å². The molecule has 108 valence electrons. The Balaban J connectivity index is 1.99. The van der Waals surface area contributed by atoms with E-state index in [0.29, 0.717) is 17.2 Å². The lowest BCUT2D eigenvalue weighted by molar-refractivity contribution is 0.142. The third kappa shape index (κ3) is 3.81. The highest BCUT2D eigenvalue weighted by Gasteiger charge is 2.05. The van der Waals surface area contributed by atoms with Crippen LogP contribution < -0.4 is 5.32 Å². The summed E-state index contributed by atoms with van der Waals surface area (Å²) in [7, 11) is 0. The number of anilines is 2. The maximum Gasteiger partial charge on any atom is 0.207 e. The van der Waals surface area contributed by atoms with Crippen molar-refractivity contribution in [2.45, 2.75) is 26.8 Å². The second kappa shape index (κ2) is 7.05. The van der Waals surface area contributed by atoms with Gasteiger partial charge in [-0.2, -0.15) is 0 Å². The molecule has 0 radical (unpaired) electrons. The third-order valence-corrected chi connectivity index (χ3v) is 3.04. The first-order valence-electron chi connectivity index (χ1n) is 6.82. The van der Waals surface area contributed by atoms with Crippen molar-refractivity contribution < 1.29 is 9.13 Å². The van der Waals surface area contributed by atoms with Crippen molar-refractivity contribution in [2.24, 2.45) is 0 Å². The summed E-state index contributed by atoms with van der Waals surface area (Å²) in [6.07, 6.45) is 4.55. The van der Waals surface area contributed by atoms with Gasteiger partial charge in [-0.1, -0.05) is 6.07 Å². The molecule has 2 rings (SSSR count). The Bertz CT molecular complexity index is 554. The molecule has 20 heavy (non-hydrogen) atoms. The van der Waals surface area contributed by atoms with Crippen molar-refractivity contribution in [2.75, 3.05) is 18.5 Å². The lowest BCUT2D eigenvalue weighted by atomic mass is 10.2. The van der Waals surface area contributed by atoms with Gasteiger partial charge in [0, 0.05) is 37.8 Å². The predicted octanol–water partition coefficient (Wildman–Crippen LogP) is 3.50. The van der Waals surface area contributed by atoms with Crippen LogP contribution in [0.2, 0.25) is 0 Å². The Labute approximate surface area is 118 Å². The number of hydrogen-bond donors (Lipinski definition) is 1. The van der Waals surface area contributed by atoms with Gasteiger partial charge in [0.1, 0.15) is 5.82 Å². The molecule has 0 fully saturated rings. The van der Waals surface area contributed by atoms with Crippen LogP contribution in [0.15, 0.2) is 30.6 Å². The first-order valence-corrected chi connectivity index (χ1v) is 6.82. The van der Waals surface area contributed by atoms with Gasteiger partial charge in [0.15, 0.2) is 0 Å². The van der Waals surface area contributed by atoms with Crippen molar-refractivity contribution in [3.05, 3.63) is 42.0 Å². The fourth-order valence-electron chi connectivity index (χ4n) is 1.89. The molecule has 0 saturated heterocycles. The van der Waals surface area contributed by atoms with Gasteiger partial charge in [0.2, 0.25) is 5.95 Å². The predicted molar refractivity (Wildman–Crippen MR) is 77.8 cm³/mol. The molecule has 1 heterocycles. The number of aryl methyl sites for hydroxylation is 2. The lowest BCUT2D eigenvalue weighted by Crippen LogP contribution is -2.06. The van der Waals surface area contributed by atoms with Crippen LogP contribution in [0, 0.1) is 12.7 Å². The summed E-state index contributed by atoms with van der Waals surface area (Å²) in [6, 6.07) is 5.08. The van der Waals surface area contributed by atoms with Gasteiger partial charge >= 0.3 is 0 Å². The molecule has 1 aromatic carbocycles. The normalized spacial score (nSPS) is 10.8. The van der Waals surface area contributed by atoms with E-state index in [1.54, 1.807) is 19.2 Å². The lowest BCUT2D eigenvalue weighted by Gasteiger charge is -2.10. The highest BCUT2D eigenvalue weighted by Crippen LogP contribution is 2.18. The Kier molecular flexibility index (Phi) is 5.12. The fraction of sp³-hybridized carbons (Fsp3) is 0.400. The zero-order chi connectivity index (χ0) is 14.4. The molecule has 1 N–H and O–H groups in total. The number of rotatable bonds is 7. The van der Waals surface area contributed by atoms with E-state index in [1.807, 2.05) is 23.8 Å². The largest absolute Gasteiger partial charge is 0.382 e. The summed E-state index contributed by atoms with van der Waals surface area (Å²) < 4.78 is 20.8. The molecule has 0 spiro atoms. The van der Waals surface area contributed by atoms with Crippen molar-refractivity contribution in [3.63, 3.8) is 0 Å². The zero-order valence-electron chi connectivity index (χ0n) is 11.9. The van der Waals surface area contributed by atoms with Gasteiger partial charge in [-0.05, 0) is 38.0 Å². The molecule has 0 atom stereocenters. The maximum absolute atomic E-state index is 13.5. The summed E-state index contributed by atoms with van der Waals surface area (Å²) in [5.41, 5.74) is 1.33. The third-order valence-electron chi connectivity index (χ3n) is 3.04. The van der Waals surface area contributed by atoms with Crippen molar-refractivity contribution in [1.82, 2.24) is 9.55 Å². The fourth-order valence-corrected chi connectivity index (χ4v) is 1.89. The highest BCUT2D eigenvalue weighted by molar-refractivity contribution is 5.54. The highest BCUT2D eigenvalue weighted by atomic mass is 19.1. The number of nitrogens with one attached hydrogen (secondary N) is 1. The second-order valence-corrected chi connectivity index (χ2v) is 4.58. The SMILES string of the molecule is CCOCCCn1ccnc1Nc1ccc(C)c(F)c1. The zero-order valence-corrected chi connectivity index (χ0v) is 11.9. The first kappa shape index (κ1) is 14.5. The second-order valence-electron chi connectivity index (χ2n) is 4.58. The van der Waals surface area contributed by atoms with E-state index in [0.717, 1.165) is 26.2 Å². The Morgan fingerprint density at radius 3 is 3.00 bits per heavy atom. The molecule has 1 aromatic heterocycles. The molecule has 0 saturated carbocycles. The van der Waals surface area contributed by atoms with Crippen LogP contribution in [0.25, 0.3) is 0 Å².